The van der Waals surface area contributed by atoms with Crippen molar-refractivity contribution in [3.63, 3.8) is 0 Å². The standard InChI is InChI=1S/C12H12N4O2S/c1-13-11-9(16(17)18)12(19-2)15-10(14-11)8-6-4-3-5-7-8/h3-7H,1-2H3,(H,13,14,15). The van der Waals surface area contributed by atoms with Gasteiger partial charge in [0.15, 0.2) is 10.9 Å². The van der Waals surface area contributed by atoms with Gasteiger partial charge in [0.05, 0.1) is 4.92 Å². The van der Waals surface area contributed by atoms with E-state index < -0.39 is 4.92 Å². The van der Waals surface area contributed by atoms with E-state index in [4.69, 9.17) is 0 Å². The molecule has 0 saturated heterocycles. The Morgan fingerprint density at radius 3 is 2.47 bits per heavy atom. The third-order valence-corrected chi connectivity index (χ3v) is 3.17. The fourth-order valence-corrected chi connectivity index (χ4v) is 2.17. The molecule has 0 aliphatic carbocycles. The van der Waals surface area contributed by atoms with Gasteiger partial charge >= 0.3 is 5.69 Å². The molecule has 0 aliphatic rings. The fourth-order valence-electron chi connectivity index (χ4n) is 1.63. The molecular formula is C12H12N4O2S. The summed E-state index contributed by atoms with van der Waals surface area (Å²) in [5.74, 6) is 0.697. The molecule has 0 radical (unpaired) electrons. The monoisotopic (exact) mass is 276 g/mol. The molecule has 2 rings (SSSR count). The van der Waals surface area contributed by atoms with Crippen molar-refractivity contribution in [2.24, 2.45) is 0 Å². The summed E-state index contributed by atoms with van der Waals surface area (Å²) in [6, 6.07) is 9.37. The van der Waals surface area contributed by atoms with E-state index in [-0.39, 0.29) is 11.5 Å². The van der Waals surface area contributed by atoms with Crippen LogP contribution in [-0.2, 0) is 0 Å². The average Bonchev–Trinajstić information content (AvgIpc) is 2.46. The van der Waals surface area contributed by atoms with E-state index in [1.165, 1.54) is 11.8 Å². The Balaban J connectivity index is 2.63. The minimum absolute atomic E-state index is 0.0883. The fraction of sp³-hybridized carbons (Fsp3) is 0.167. The first-order chi connectivity index (χ1) is 9.17. The van der Waals surface area contributed by atoms with Crippen LogP contribution in [0.5, 0.6) is 0 Å². The van der Waals surface area contributed by atoms with Crippen LogP contribution in [0.2, 0.25) is 0 Å². The predicted octanol–water partition coefficient (Wildman–Crippen LogP) is 2.82. The maximum absolute atomic E-state index is 11.1. The van der Waals surface area contributed by atoms with Gasteiger partial charge in [-0.3, -0.25) is 10.1 Å². The highest BCUT2D eigenvalue weighted by Gasteiger charge is 2.23. The van der Waals surface area contributed by atoms with E-state index in [2.05, 4.69) is 15.3 Å². The topological polar surface area (TPSA) is 81.0 Å². The molecule has 0 aliphatic heterocycles. The van der Waals surface area contributed by atoms with Crippen molar-refractivity contribution in [3.05, 3.63) is 40.4 Å². The number of hydrogen-bond acceptors (Lipinski definition) is 6. The van der Waals surface area contributed by atoms with Gasteiger partial charge in [-0.1, -0.05) is 30.3 Å². The number of benzene rings is 1. The molecule has 0 spiro atoms. The number of thioether (sulfide) groups is 1. The van der Waals surface area contributed by atoms with Gasteiger partial charge in [-0.2, -0.15) is 0 Å². The Kier molecular flexibility index (Phi) is 3.96. The Hall–Kier alpha value is -2.15. The maximum atomic E-state index is 11.1. The molecule has 98 valence electrons. The van der Waals surface area contributed by atoms with Crippen LogP contribution >= 0.6 is 11.8 Å². The lowest BCUT2D eigenvalue weighted by atomic mass is 10.2. The normalized spacial score (nSPS) is 10.2. The number of nitrogens with zero attached hydrogens (tertiary/aromatic N) is 3. The second-order valence-electron chi connectivity index (χ2n) is 3.63. The first kappa shape index (κ1) is 13.3. The molecule has 0 amide bonds. The highest BCUT2D eigenvalue weighted by Crippen LogP contribution is 2.33. The van der Waals surface area contributed by atoms with E-state index in [0.717, 1.165) is 5.56 Å². The van der Waals surface area contributed by atoms with Crippen molar-refractivity contribution in [1.29, 1.82) is 0 Å². The largest absolute Gasteiger partial charge is 0.367 e. The lowest BCUT2D eigenvalue weighted by Crippen LogP contribution is -2.04. The Morgan fingerprint density at radius 1 is 1.26 bits per heavy atom. The number of rotatable bonds is 4. The van der Waals surface area contributed by atoms with Crippen molar-refractivity contribution in [2.45, 2.75) is 5.03 Å². The molecule has 1 aromatic heterocycles. The number of hydrogen-bond donors (Lipinski definition) is 1. The van der Waals surface area contributed by atoms with E-state index in [1.807, 2.05) is 30.3 Å². The maximum Gasteiger partial charge on any atom is 0.343 e. The molecule has 0 saturated carbocycles. The summed E-state index contributed by atoms with van der Waals surface area (Å²) in [5.41, 5.74) is 0.735. The zero-order valence-electron chi connectivity index (χ0n) is 10.5. The van der Waals surface area contributed by atoms with Crippen LogP contribution in [0.3, 0.4) is 0 Å². The highest BCUT2D eigenvalue weighted by atomic mass is 32.2. The second kappa shape index (κ2) is 5.66. The summed E-state index contributed by atoms with van der Waals surface area (Å²) in [4.78, 5) is 19.1. The predicted molar refractivity (Wildman–Crippen MR) is 75.5 cm³/mol. The molecule has 1 N–H and O–H groups in total. The molecule has 2 aromatic rings. The summed E-state index contributed by atoms with van der Waals surface area (Å²) in [7, 11) is 1.61. The van der Waals surface area contributed by atoms with Crippen molar-refractivity contribution in [2.75, 3.05) is 18.6 Å². The molecule has 0 bridgehead atoms. The van der Waals surface area contributed by atoms with Crippen molar-refractivity contribution >= 4 is 23.3 Å². The summed E-state index contributed by atoms with van der Waals surface area (Å²) < 4.78 is 0. The Morgan fingerprint density at radius 2 is 1.95 bits per heavy atom. The Bertz CT molecular complexity index is 579. The van der Waals surface area contributed by atoms with Crippen molar-refractivity contribution in [1.82, 2.24) is 9.97 Å². The minimum Gasteiger partial charge on any atom is -0.367 e. The van der Waals surface area contributed by atoms with Crippen LogP contribution in [0, 0.1) is 10.1 Å². The van der Waals surface area contributed by atoms with Crippen LogP contribution in [-0.4, -0.2) is 28.2 Å². The molecule has 19 heavy (non-hydrogen) atoms. The summed E-state index contributed by atoms with van der Waals surface area (Å²) >= 11 is 1.23. The number of anilines is 1. The summed E-state index contributed by atoms with van der Waals surface area (Å²) in [6.07, 6.45) is 1.75. The molecule has 0 atom stereocenters. The van der Waals surface area contributed by atoms with Gasteiger partial charge in [0, 0.05) is 12.6 Å². The van der Waals surface area contributed by atoms with Crippen LogP contribution in [0.25, 0.3) is 11.4 Å². The quantitative estimate of drug-likeness (QED) is 0.400. The van der Waals surface area contributed by atoms with Crippen LogP contribution in [0.15, 0.2) is 35.4 Å². The Labute approximate surface area is 114 Å². The molecule has 1 aromatic carbocycles. The third-order valence-electron chi connectivity index (χ3n) is 2.50. The van der Waals surface area contributed by atoms with E-state index in [0.29, 0.717) is 10.9 Å². The van der Waals surface area contributed by atoms with E-state index >= 15 is 0 Å². The highest BCUT2D eigenvalue weighted by molar-refractivity contribution is 7.98. The van der Waals surface area contributed by atoms with Gasteiger partial charge in [-0.05, 0) is 6.26 Å². The van der Waals surface area contributed by atoms with Gasteiger partial charge in [0.25, 0.3) is 0 Å². The minimum atomic E-state index is -0.466. The number of nitrogens with one attached hydrogen (secondary N) is 1. The molecule has 1 heterocycles. The van der Waals surface area contributed by atoms with Gasteiger partial charge < -0.3 is 5.32 Å². The summed E-state index contributed by atoms with van der Waals surface area (Å²) in [5, 5.41) is 14.2. The average molecular weight is 276 g/mol. The van der Waals surface area contributed by atoms with Gasteiger partial charge in [0.1, 0.15) is 0 Å². The SMILES string of the molecule is CNc1nc(-c2ccccc2)nc(SC)c1[N+](=O)[O-]. The van der Waals surface area contributed by atoms with Gasteiger partial charge in [0.2, 0.25) is 5.82 Å². The van der Waals surface area contributed by atoms with E-state index in [1.54, 1.807) is 13.3 Å². The first-order valence-electron chi connectivity index (χ1n) is 5.51. The third kappa shape index (κ3) is 2.65. The van der Waals surface area contributed by atoms with Crippen molar-refractivity contribution in [3.8, 4) is 11.4 Å². The van der Waals surface area contributed by atoms with Crippen LogP contribution in [0.1, 0.15) is 0 Å². The summed E-state index contributed by atoms with van der Waals surface area (Å²) in [6.45, 7) is 0. The van der Waals surface area contributed by atoms with E-state index in [9.17, 15) is 10.1 Å². The lowest BCUT2D eigenvalue weighted by Gasteiger charge is -2.07. The smallest absolute Gasteiger partial charge is 0.343 e. The van der Waals surface area contributed by atoms with Crippen LogP contribution < -0.4 is 5.32 Å². The lowest BCUT2D eigenvalue weighted by molar-refractivity contribution is -0.387. The zero-order chi connectivity index (χ0) is 13.8. The van der Waals surface area contributed by atoms with Crippen molar-refractivity contribution < 1.29 is 4.92 Å². The van der Waals surface area contributed by atoms with Gasteiger partial charge in [-0.15, -0.1) is 11.8 Å². The first-order valence-corrected chi connectivity index (χ1v) is 6.73. The molecule has 6 nitrogen and oxygen atoms in total. The second-order valence-corrected chi connectivity index (χ2v) is 4.42. The molecular weight excluding hydrogens is 264 g/mol. The molecule has 0 fully saturated rings. The number of aromatic nitrogens is 2. The number of nitro groups is 1. The molecule has 0 unspecified atom stereocenters. The van der Waals surface area contributed by atoms with Gasteiger partial charge in [-0.25, -0.2) is 9.97 Å². The zero-order valence-corrected chi connectivity index (χ0v) is 11.3. The van der Waals surface area contributed by atoms with Crippen LogP contribution in [0.4, 0.5) is 11.5 Å². The molecule has 7 heteroatoms.